The summed E-state index contributed by atoms with van der Waals surface area (Å²) in [6.45, 7) is 4.90. The minimum absolute atomic E-state index is 0.0626. The van der Waals surface area contributed by atoms with Gasteiger partial charge >= 0.3 is 0 Å². The number of rotatable bonds is 7. The third-order valence-electron chi connectivity index (χ3n) is 5.11. The van der Waals surface area contributed by atoms with Crippen LogP contribution in [0.3, 0.4) is 0 Å². The van der Waals surface area contributed by atoms with Crippen molar-refractivity contribution in [1.29, 1.82) is 0 Å². The number of carbonyl (C=O) groups excluding carboxylic acids is 2. The lowest BCUT2D eigenvalue weighted by Gasteiger charge is -2.22. The second kappa shape index (κ2) is 8.51. The van der Waals surface area contributed by atoms with Crippen LogP contribution in [-0.4, -0.2) is 23.1 Å². The normalized spacial score (nSPS) is 13.5. The van der Waals surface area contributed by atoms with E-state index < -0.39 is 0 Å². The molecule has 1 aliphatic carbocycles. The van der Waals surface area contributed by atoms with Crippen LogP contribution in [0.25, 0.3) is 0 Å². The summed E-state index contributed by atoms with van der Waals surface area (Å²) < 4.78 is 19.0. The number of fused-ring (bicyclic) bond motifs is 1. The Morgan fingerprint density at radius 2 is 1.93 bits per heavy atom. The Bertz CT molecular complexity index is 823. The van der Waals surface area contributed by atoms with E-state index in [1.807, 2.05) is 0 Å². The van der Waals surface area contributed by atoms with Gasteiger partial charge in [0.2, 0.25) is 0 Å². The smallest absolute Gasteiger partial charge is 0.290 e. The molecule has 0 saturated carbocycles. The first-order valence-electron chi connectivity index (χ1n) is 9.70. The highest BCUT2D eigenvalue weighted by atomic mass is 19.1. The van der Waals surface area contributed by atoms with Crippen LogP contribution >= 0.6 is 0 Å². The number of ketones is 1. The van der Waals surface area contributed by atoms with Gasteiger partial charge in [-0.2, -0.15) is 0 Å². The highest BCUT2D eigenvalue weighted by Gasteiger charge is 2.30. The molecule has 144 valence electrons. The van der Waals surface area contributed by atoms with Crippen molar-refractivity contribution in [3.05, 3.63) is 58.3 Å². The molecule has 0 N–H and O–H groups in total. The van der Waals surface area contributed by atoms with Crippen LogP contribution in [0.2, 0.25) is 0 Å². The van der Waals surface area contributed by atoms with Crippen molar-refractivity contribution in [3.8, 4) is 0 Å². The molecule has 0 atom stereocenters. The van der Waals surface area contributed by atoms with E-state index in [1.165, 1.54) is 12.1 Å². The Kier molecular flexibility index (Phi) is 6.09. The first-order valence-corrected chi connectivity index (χ1v) is 9.70. The highest BCUT2D eigenvalue weighted by molar-refractivity contribution is 6.03. The van der Waals surface area contributed by atoms with Gasteiger partial charge < -0.3 is 9.32 Å². The average Bonchev–Trinajstić information content (AvgIpc) is 3.00. The van der Waals surface area contributed by atoms with Gasteiger partial charge in [0.25, 0.3) is 5.91 Å². The number of hydrogen-bond acceptors (Lipinski definition) is 3. The SMILES string of the molecule is CCCCCN(Cc1ccc(F)cc1)C(=O)c1oc2c(c1C)C(=O)CCC2. The first-order chi connectivity index (χ1) is 13.0. The molecule has 1 heterocycles. The van der Waals surface area contributed by atoms with Crippen LogP contribution < -0.4 is 0 Å². The van der Waals surface area contributed by atoms with Crippen LogP contribution in [0.1, 0.15) is 76.8 Å². The fourth-order valence-corrected chi connectivity index (χ4v) is 3.61. The molecular formula is C22H26FNO3. The number of nitrogens with zero attached hydrogens (tertiary/aromatic N) is 1. The molecule has 0 bridgehead atoms. The molecular weight excluding hydrogens is 345 g/mol. The number of halogens is 1. The fraction of sp³-hybridized carbons (Fsp3) is 0.455. The van der Waals surface area contributed by atoms with Gasteiger partial charge in [-0.1, -0.05) is 31.9 Å². The summed E-state index contributed by atoms with van der Waals surface area (Å²) in [5.41, 5.74) is 2.12. The Hall–Kier alpha value is -2.43. The van der Waals surface area contributed by atoms with Gasteiger partial charge in [-0.15, -0.1) is 0 Å². The van der Waals surface area contributed by atoms with Gasteiger partial charge in [0.1, 0.15) is 11.6 Å². The second-order valence-electron chi connectivity index (χ2n) is 7.19. The van der Waals surface area contributed by atoms with E-state index in [0.717, 1.165) is 31.2 Å². The zero-order chi connectivity index (χ0) is 19.4. The van der Waals surface area contributed by atoms with Crippen LogP contribution in [0, 0.1) is 12.7 Å². The Labute approximate surface area is 159 Å². The Morgan fingerprint density at radius 1 is 1.19 bits per heavy atom. The lowest BCUT2D eigenvalue weighted by molar-refractivity contribution is 0.0704. The maximum atomic E-state index is 13.2. The molecule has 0 fully saturated rings. The monoisotopic (exact) mass is 371 g/mol. The van der Waals surface area contributed by atoms with Gasteiger partial charge in [-0.25, -0.2) is 4.39 Å². The van der Waals surface area contributed by atoms with Gasteiger partial charge in [-0.05, 0) is 37.5 Å². The molecule has 0 aliphatic heterocycles. The standard InChI is InChI=1S/C22H26FNO3/c1-3-4-5-13-24(14-16-9-11-17(23)12-10-16)22(26)21-15(2)20-18(25)7-6-8-19(20)27-21/h9-12H,3-8,13-14H2,1-2H3. The molecule has 0 unspecified atom stereocenters. The highest BCUT2D eigenvalue weighted by Crippen LogP contribution is 2.30. The van der Waals surface area contributed by atoms with Gasteiger partial charge in [0.15, 0.2) is 11.5 Å². The van der Waals surface area contributed by atoms with E-state index in [1.54, 1.807) is 24.0 Å². The third kappa shape index (κ3) is 4.29. The molecule has 27 heavy (non-hydrogen) atoms. The Balaban J connectivity index is 1.86. The number of aryl methyl sites for hydroxylation is 1. The van der Waals surface area contributed by atoms with Crippen molar-refractivity contribution >= 4 is 11.7 Å². The van der Waals surface area contributed by atoms with E-state index in [4.69, 9.17) is 4.42 Å². The predicted molar refractivity (Wildman–Crippen MR) is 101 cm³/mol. The zero-order valence-corrected chi connectivity index (χ0v) is 16.0. The number of furan rings is 1. The van der Waals surface area contributed by atoms with Crippen molar-refractivity contribution in [2.75, 3.05) is 6.54 Å². The van der Waals surface area contributed by atoms with Crippen molar-refractivity contribution in [2.24, 2.45) is 0 Å². The van der Waals surface area contributed by atoms with E-state index >= 15 is 0 Å². The quantitative estimate of drug-likeness (QED) is 0.638. The maximum absolute atomic E-state index is 13.2. The molecule has 1 aromatic heterocycles. The molecule has 0 saturated heterocycles. The molecule has 2 aromatic rings. The molecule has 3 rings (SSSR count). The second-order valence-corrected chi connectivity index (χ2v) is 7.19. The molecule has 5 heteroatoms. The van der Waals surface area contributed by atoms with Crippen LogP contribution in [0.4, 0.5) is 4.39 Å². The van der Waals surface area contributed by atoms with Gasteiger partial charge in [0.05, 0.1) is 5.56 Å². The molecule has 1 amide bonds. The lowest BCUT2D eigenvalue weighted by Crippen LogP contribution is -2.31. The lowest BCUT2D eigenvalue weighted by atomic mass is 9.94. The summed E-state index contributed by atoms with van der Waals surface area (Å²) in [7, 11) is 0. The summed E-state index contributed by atoms with van der Waals surface area (Å²) in [6, 6.07) is 6.19. The zero-order valence-electron chi connectivity index (χ0n) is 16.0. The number of unbranched alkanes of at least 4 members (excludes halogenated alkanes) is 2. The van der Waals surface area contributed by atoms with Gasteiger partial charge in [-0.3, -0.25) is 9.59 Å². The number of benzene rings is 1. The summed E-state index contributed by atoms with van der Waals surface area (Å²) in [5.74, 6) is 0.481. The van der Waals surface area contributed by atoms with Crippen molar-refractivity contribution < 1.29 is 18.4 Å². The number of carbonyl (C=O) groups is 2. The fourth-order valence-electron chi connectivity index (χ4n) is 3.61. The average molecular weight is 371 g/mol. The summed E-state index contributed by atoms with van der Waals surface area (Å²) in [4.78, 5) is 27.2. The van der Waals surface area contributed by atoms with E-state index in [2.05, 4.69) is 6.92 Å². The Morgan fingerprint density at radius 3 is 2.59 bits per heavy atom. The molecule has 0 spiro atoms. The van der Waals surface area contributed by atoms with Crippen LogP contribution in [0.5, 0.6) is 0 Å². The first kappa shape index (κ1) is 19.3. The van der Waals surface area contributed by atoms with Crippen molar-refractivity contribution in [1.82, 2.24) is 4.90 Å². The predicted octanol–water partition coefficient (Wildman–Crippen LogP) is 5.08. The summed E-state index contributed by atoms with van der Waals surface area (Å²) in [5, 5.41) is 0. The molecule has 1 aromatic carbocycles. The minimum Gasteiger partial charge on any atom is -0.455 e. The van der Waals surface area contributed by atoms with Gasteiger partial charge in [0, 0.05) is 31.5 Å². The molecule has 4 nitrogen and oxygen atoms in total. The van der Waals surface area contributed by atoms with Crippen molar-refractivity contribution in [3.63, 3.8) is 0 Å². The summed E-state index contributed by atoms with van der Waals surface area (Å²) >= 11 is 0. The number of amides is 1. The van der Waals surface area contributed by atoms with E-state index in [-0.39, 0.29) is 23.3 Å². The molecule has 1 aliphatic rings. The largest absolute Gasteiger partial charge is 0.455 e. The van der Waals surface area contributed by atoms with E-state index in [9.17, 15) is 14.0 Å². The maximum Gasteiger partial charge on any atom is 0.290 e. The van der Waals surface area contributed by atoms with E-state index in [0.29, 0.717) is 42.8 Å². The van der Waals surface area contributed by atoms with Crippen molar-refractivity contribution in [2.45, 2.75) is 58.9 Å². The van der Waals surface area contributed by atoms with Crippen LogP contribution in [-0.2, 0) is 13.0 Å². The number of Topliss-reactive ketones (excluding diaryl/α,β-unsaturated/α-hetero) is 1. The summed E-state index contributed by atoms with van der Waals surface area (Å²) in [6.07, 6.45) is 4.95. The molecule has 0 radical (unpaired) electrons. The third-order valence-corrected chi connectivity index (χ3v) is 5.11. The topological polar surface area (TPSA) is 50.5 Å². The number of hydrogen-bond donors (Lipinski definition) is 0. The minimum atomic E-state index is -0.296. The van der Waals surface area contributed by atoms with Crippen LogP contribution in [0.15, 0.2) is 28.7 Å².